The van der Waals surface area contributed by atoms with Gasteiger partial charge in [0.1, 0.15) is 5.75 Å². The molecule has 0 spiro atoms. The summed E-state index contributed by atoms with van der Waals surface area (Å²) in [6.07, 6.45) is 0. The van der Waals surface area contributed by atoms with E-state index in [0.29, 0.717) is 11.4 Å². The smallest absolute Gasteiger partial charge is 0.318 e. The number of amides is 3. The van der Waals surface area contributed by atoms with Crippen LogP contribution in [0, 0.1) is 0 Å². The maximum Gasteiger partial charge on any atom is 0.318 e. The molecule has 0 fully saturated rings. The first-order chi connectivity index (χ1) is 12.5. The fourth-order valence-corrected chi connectivity index (χ4v) is 2.72. The molecule has 26 heavy (non-hydrogen) atoms. The van der Waals surface area contributed by atoms with Crippen molar-refractivity contribution >= 4 is 45.7 Å². The molecule has 0 aromatic heterocycles. The zero-order valence-electron chi connectivity index (χ0n) is 13.8. The number of carbonyl (C=O) groups excluding carboxylic acids is 2. The molecular formula is C19H16ClN3O3. The number of nitrogens with one attached hydrogen (secondary N) is 3. The van der Waals surface area contributed by atoms with Gasteiger partial charge in [0.25, 0.3) is 5.91 Å². The van der Waals surface area contributed by atoms with Crippen LogP contribution in [-0.2, 0) is 0 Å². The van der Waals surface area contributed by atoms with Gasteiger partial charge in [0.15, 0.2) is 0 Å². The van der Waals surface area contributed by atoms with Crippen molar-refractivity contribution in [1.82, 2.24) is 5.32 Å². The van der Waals surface area contributed by atoms with E-state index in [0.717, 1.165) is 10.8 Å². The van der Waals surface area contributed by atoms with Crippen LogP contribution in [0.2, 0.25) is 5.02 Å². The lowest BCUT2D eigenvalue weighted by atomic mass is 10.1. The fraction of sp³-hybridized carbons (Fsp3) is 0.0526. The lowest BCUT2D eigenvalue weighted by Gasteiger charge is -2.11. The van der Waals surface area contributed by atoms with E-state index in [1.165, 1.54) is 13.1 Å². The zero-order valence-corrected chi connectivity index (χ0v) is 14.6. The van der Waals surface area contributed by atoms with Gasteiger partial charge >= 0.3 is 6.03 Å². The van der Waals surface area contributed by atoms with Gasteiger partial charge < -0.3 is 21.1 Å². The first-order valence-corrected chi connectivity index (χ1v) is 8.17. The molecular weight excluding hydrogens is 354 g/mol. The number of hydrogen-bond donors (Lipinski definition) is 4. The Morgan fingerprint density at radius 2 is 1.65 bits per heavy atom. The molecule has 0 atom stereocenters. The molecule has 3 aromatic carbocycles. The molecule has 0 aliphatic rings. The topological polar surface area (TPSA) is 90.5 Å². The molecule has 132 valence electrons. The third kappa shape index (κ3) is 3.70. The zero-order chi connectivity index (χ0) is 18.7. The van der Waals surface area contributed by atoms with Crippen LogP contribution in [0.15, 0.2) is 54.6 Å². The summed E-state index contributed by atoms with van der Waals surface area (Å²) < 4.78 is 0. The average molecular weight is 370 g/mol. The van der Waals surface area contributed by atoms with Gasteiger partial charge in [0.2, 0.25) is 0 Å². The molecule has 3 amide bonds. The number of benzene rings is 3. The van der Waals surface area contributed by atoms with Crippen LogP contribution in [-0.4, -0.2) is 24.1 Å². The van der Waals surface area contributed by atoms with E-state index in [1.54, 1.807) is 24.3 Å². The summed E-state index contributed by atoms with van der Waals surface area (Å²) in [5.74, 6) is -0.600. The summed E-state index contributed by atoms with van der Waals surface area (Å²) in [4.78, 5) is 23.9. The number of hydrogen-bond acceptors (Lipinski definition) is 3. The third-order valence-corrected chi connectivity index (χ3v) is 4.12. The van der Waals surface area contributed by atoms with E-state index in [1.807, 2.05) is 24.3 Å². The Morgan fingerprint density at radius 3 is 2.31 bits per heavy atom. The largest absolute Gasteiger partial charge is 0.507 e. The highest BCUT2D eigenvalue weighted by Crippen LogP contribution is 2.29. The molecule has 6 nitrogen and oxygen atoms in total. The number of phenols is 1. The SMILES string of the molecule is CNC(=O)Nc1ccc(NC(=O)c2cc3ccccc3cc2O)c(Cl)c1. The van der Waals surface area contributed by atoms with Crippen molar-refractivity contribution in [2.24, 2.45) is 0 Å². The summed E-state index contributed by atoms with van der Waals surface area (Å²) in [5.41, 5.74) is 1.000. The highest BCUT2D eigenvalue weighted by molar-refractivity contribution is 6.34. The first kappa shape index (κ1) is 17.6. The van der Waals surface area contributed by atoms with Crippen LogP contribution in [0.3, 0.4) is 0 Å². The van der Waals surface area contributed by atoms with Crippen LogP contribution in [0.5, 0.6) is 5.75 Å². The number of anilines is 2. The van der Waals surface area contributed by atoms with Crippen molar-refractivity contribution in [3.8, 4) is 5.75 Å². The monoisotopic (exact) mass is 369 g/mol. The van der Waals surface area contributed by atoms with Gasteiger partial charge in [0.05, 0.1) is 16.3 Å². The normalized spacial score (nSPS) is 10.4. The Morgan fingerprint density at radius 1 is 0.962 bits per heavy atom. The van der Waals surface area contributed by atoms with Crippen LogP contribution in [0.1, 0.15) is 10.4 Å². The first-order valence-electron chi connectivity index (χ1n) is 7.79. The van der Waals surface area contributed by atoms with Crippen molar-refractivity contribution in [3.05, 3.63) is 65.2 Å². The van der Waals surface area contributed by atoms with Gasteiger partial charge in [-0.3, -0.25) is 4.79 Å². The number of phenolic OH excluding ortho intramolecular Hbond substituents is 1. The molecule has 0 aliphatic heterocycles. The standard InChI is InChI=1S/C19H16ClN3O3/c1-21-19(26)22-13-6-7-16(15(20)10-13)23-18(25)14-8-11-4-2-3-5-12(11)9-17(14)24/h2-10,24H,1H3,(H,23,25)(H2,21,22,26). The minimum Gasteiger partial charge on any atom is -0.507 e. The van der Waals surface area contributed by atoms with E-state index in [4.69, 9.17) is 11.6 Å². The van der Waals surface area contributed by atoms with Crippen molar-refractivity contribution in [3.63, 3.8) is 0 Å². The predicted molar refractivity (Wildman–Crippen MR) is 103 cm³/mol. The Hall–Kier alpha value is -3.25. The predicted octanol–water partition coefficient (Wildman–Crippen LogP) is 4.20. The van der Waals surface area contributed by atoms with Gasteiger partial charge in [-0.05, 0) is 41.1 Å². The minimum atomic E-state index is -0.484. The molecule has 0 heterocycles. The van der Waals surface area contributed by atoms with Gasteiger partial charge in [-0.2, -0.15) is 0 Å². The highest BCUT2D eigenvalue weighted by atomic mass is 35.5. The van der Waals surface area contributed by atoms with E-state index in [2.05, 4.69) is 16.0 Å². The summed E-state index contributed by atoms with van der Waals surface area (Å²) in [6.45, 7) is 0. The van der Waals surface area contributed by atoms with Crippen molar-refractivity contribution in [2.45, 2.75) is 0 Å². The van der Waals surface area contributed by atoms with E-state index in [9.17, 15) is 14.7 Å². The molecule has 0 saturated carbocycles. The van der Waals surface area contributed by atoms with Crippen LogP contribution < -0.4 is 16.0 Å². The lowest BCUT2D eigenvalue weighted by Crippen LogP contribution is -2.24. The van der Waals surface area contributed by atoms with E-state index >= 15 is 0 Å². The highest BCUT2D eigenvalue weighted by Gasteiger charge is 2.14. The number of halogens is 1. The number of fused-ring (bicyclic) bond motifs is 1. The second-order valence-electron chi connectivity index (χ2n) is 5.57. The molecule has 0 radical (unpaired) electrons. The summed E-state index contributed by atoms with van der Waals surface area (Å²) in [6, 6.07) is 14.9. The number of urea groups is 1. The van der Waals surface area contributed by atoms with Crippen LogP contribution in [0.25, 0.3) is 10.8 Å². The number of rotatable bonds is 3. The molecule has 3 aromatic rings. The van der Waals surface area contributed by atoms with E-state index < -0.39 is 5.91 Å². The number of carbonyl (C=O) groups is 2. The quantitative estimate of drug-likeness (QED) is 0.557. The van der Waals surface area contributed by atoms with E-state index in [-0.39, 0.29) is 22.4 Å². The Labute approximate surface area is 154 Å². The molecule has 0 unspecified atom stereocenters. The van der Waals surface area contributed by atoms with Crippen molar-refractivity contribution < 1.29 is 14.7 Å². The van der Waals surface area contributed by atoms with Gasteiger partial charge in [-0.15, -0.1) is 0 Å². The second-order valence-corrected chi connectivity index (χ2v) is 5.98. The molecule has 0 bridgehead atoms. The number of aromatic hydroxyl groups is 1. The van der Waals surface area contributed by atoms with Gasteiger partial charge in [-0.1, -0.05) is 35.9 Å². The molecule has 4 N–H and O–H groups in total. The molecule has 3 rings (SSSR count). The summed E-state index contributed by atoms with van der Waals surface area (Å²) >= 11 is 6.17. The maximum atomic E-state index is 12.5. The molecule has 7 heteroatoms. The molecule has 0 aliphatic carbocycles. The Bertz CT molecular complexity index is 1000. The summed E-state index contributed by atoms with van der Waals surface area (Å²) in [7, 11) is 1.50. The van der Waals surface area contributed by atoms with Gasteiger partial charge in [-0.25, -0.2) is 4.79 Å². The lowest BCUT2D eigenvalue weighted by molar-refractivity contribution is 0.102. The average Bonchev–Trinajstić information content (AvgIpc) is 2.63. The van der Waals surface area contributed by atoms with Crippen molar-refractivity contribution in [2.75, 3.05) is 17.7 Å². The Kier molecular flexibility index (Phi) is 4.95. The maximum absolute atomic E-state index is 12.5. The van der Waals surface area contributed by atoms with Crippen LogP contribution in [0.4, 0.5) is 16.2 Å². The minimum absolute atomic E-state index is 0.116. The molecule has 0 saturated heterocycles. The third-order valence-electron chi connectivity index (χ3n) is 3.81. The Balaban J connectivity index is 1.84. The fourth-order valence-electron chi connectivity index (χ4n) is 2.49. The summed E-state index contributed by atoms with van der Waals surface area (Å²) in [5, 5.41) is 19.8. The van der Waals surface area contributed by atoms with Crippen LogP contribution >= 0.6 is 11.6 Å². The van der Waals surface area contributed by atoms with Gasteiger partial charge in [0, 0.05) is 12.7 Å². The second kappa shape index (κ2) is 7.33. The van der Waals surface area contributed by atoms with Crippen molar-refractivity contribution in [1.29, 1.82) is 0 Å².